The third-order valence-electron chi connectivity index (χ3n) is 4.60. The molecule has 1 unspecified atom stereocenters. The molecule has 0 radical (unpaired) electrons. The van der Waals surface area contributed by atoms with Crippen LogP contribution in [-0.2, 0) is 4.74 Å². The summed E-state index contributed by atoms with van der Waals surface area (Å²) in [5.74, 6) is -3.44. The monoisotopic (exact) mass is 451 g/mol. The fraction of sp³-hybridized carbons (Fsp3) is 0.524. The van der Waals surface area contributed by atoms with Crippen LogP contribution >= 0.6 is 0 Å². The number of fused-ring (bicyclic) bond motifs is 1. The average molecular weight is 451 g/mol. The number of carbonyl (C=O) groups excluding carboxylic acids is 1. The number of anilines is 1. The molecule has 1 amide bonds. The van der Waals surface area contributed by atoms with Crippen molar-refractivity contribution in [2.45, 2.75) is 38.7 Å². The van der Waals surface area contributed by atoms with Gasteiger partial charge in [-0.3, -0.25) is 4.79 Å². The Morgan fingerprint density at radius 2 is 2.12 bits per heavy atom. The second-order valence-electron chi connectivity index (χ2n) is 7.68. The minimum Gasteiger partial charge on any atom is -0.422 e. The van der Waals surface area contributed by atoms with E-state index in [1.54, 1.807) is 19.1 Å². The molecule has 0 saturated carbocycles. The third kappa shape index (κ3) is 7.82. The van der Waals surface area contributed by atoms with Crippen molar-refractivity contribution in [3.63, 3.8) is 0 Å². The molecule has 1 heterocycles. The first-order chi connectivity index (χ1) is 15.1. The van der Waals surface area contributed by atoms with Gasteiger partial charge in [-0.05, 0) is 43.5 Å². The molecule has 0 saturated heterocycles. The minimum absolute atomic E-state index is 0.138. The lowest BCUT2D eigenvalue weighted by Gasteiger charge is -2.23. The predicted octanol–water partition coefficient (Wildman–Crippen LogP) is 4.11. The molecule has 1 N–H and O–H groups in total. The molecule has 11 heteroatoms. The number of hydrogen-bond acceptors (Lipinski definition) is 6. The van der Waals surface area contributed by atoms with Gasteiger partial charge in [0.25, 0.3) is 11.8 Å². The van der Waals surface area contributed by atoms with Gasteiger partial charge in [-0.1, -0.05) is 5.11 Å². The van der Waals surface area contributed by atoms with Crippen molar-refractivity contribution < 1.29 is 22.7 Å². The van der Waals surface area contributed by atoms with E-state index in [1.807, 2.05) is 0 Å². The predicted molar refractivity (Wildman–Crippen MR) is 117 cm³/mol. The summed E-state index contributed by atoms with van der Waals surface area (Å²) < 4.78 is 37.2. The van der Waals surface area contributed by atoms with Crippen molar-refractivity contribution in [1.82, 2.24) is 5.32 Å². The highest BCUT2D eigenvalue weighted by Gasteiger charge is 2.24. The number of amides is 1. The summed E-state index contributed by atoms with van der Waals surface area (Å²) >= 11 is 0. The Hall–Kier alpha value is -3.17. The number of rotatable bonds is 12. The molecule has 9 nitrogen and oxygen atoms in total. The van der Waals surface area contributed by atoms with Crippen LogP contribution in [0.2, 0.25) is 0 Å². The zero-order valence-electron chi connectivity index (χ0n) is 18.3. The zero-order chi connectivity index (χ0) is 23.7. The third-order valence-corrected chi connectivity index (χ3v) is 4.60. The number of halogens is 2. The second-order valence-corrected chi connectivity index (χ2v) is 7.68. The van der Waals surface area contributed by atoms with Crippen LogP contribution in [0.3, 0.4) is 0 Å². The van der Waals surface area contributed by atoms with Gasteiger partial charge >= 0.3 is 5.63 Å². The van der Waals surface area contributed by atoms with Crippen molar-refractivity contribution in [1.29, 1.82) is 0 Å². The van der Waals surface area contributed by atoms with Gasteiger partial charge in [-0.2, -0.15) is 0 Å². The van der Waals surface area contributed by atoms with Crippen LogP contribution in [0.15, 0.2) is 38.6 Å². The molecule has 1 atom stereocenters. The molecule has 0 aliphatic carbocycles. The summed E-state index contributed by atoms with van der Waals surface area (Å²) in [6.45, 7) is 3.34. The molecular weight excluding hydrogens is 424 g/mol. The van der Waals surface area contributed by atoms with E-state index in [9.17, 15) is 18.4 Å². The quantitative estimate of drug-likeness (QED) is 0.171. The van der Waals surface area contributed by atoms with Crippen LogP contribution in [0.25, 0.3) is 21.4 Å². The standard InChI is InChI=1S/C21H27F2N5O4/c1-14(7-10-31-9-4-8-25-27-24)26-19(29)17-11-15-5-6-16(12-18(15)32-20(17)30)28(3)13-21(2,22)23/h5-6,11-12,14H,4,7-10,13H2,1-3H3,(H,26,29). The molecule has 2 rings (SSSR count). The van der Waals surface area contributed by atoms with Gasteiger partial charge in [0.1, 0.15) is 11.1 Å². The summed E-state index contributed by atoms with van der Waals surface area (Å²) in [6, 6.07) is 5.90. The molecule has 32 heavy (non-hydrogen) atoms. The van der Waals surface area contributed by atoms with E-state index in [2.05, 4.69) is 15.3 Å². The molecule has 174 valence electrons. The van der Waals surface area contributed by atoms with E-state index in [-0.39, 0.29) is 17.2 Å². The lowest BCUT2D eigenvalue weighted by molar-refractivity contribution is 0.0310. The summed E-state index contributed by atoms with van der Waals surface area (Å²) in [6.07, 6.45) is 1.14. The number of nitrogens with zero attached hydrogens (tertiary/aromatic N) is 4. The van der Waals surface area contributed by atoms with Gasteiger partial charge < -0.3 is 19.4 Å². The van der Waals surface area contributed by atoms with Crippen LogP contribution in [0.5, 0.6) is 0 Å². The van der Waals surface area contributed by atoms with E-state index in [0.29, 0.717) is 43.7 Å². The molecule has 0 spiro atoms. The molecule has 2 aromatic rings. The van der Waals surface area contributed by atoms with Gasteiger partial charge in [0.15, 0.2) is 0 Å². The maximum Gasteiger partial charge on any atom is 0.349 e. The highest BCUT2D eigenvalue weighted by atomic mass is 19.3. The first-order valence-corrected chi connectivity index (χ1v) is 10.2. The highest BCUT2D eigenvalue weighted by molar-refractivity contribution is 5.97. The van der Waals surface area contributed by atoms with Crippen LogP contribution in [-0.4, -0.2) is 51.2 Å². The van der Waals surface area contributed by atoms with Crippen molar-refractivity contribution >= 4 is 22.6 Å². The Kier molecular flexibility index (Phi) is 8.98. The fourth-order valence-electron chi connectivity index (χ4n) is 3.02. The normalized spacial score (nSPS) is 12.3. The lowest BCUT2D eigenvalue weighted by atomic mass is 10.1. The Balaban J connectivity index is 1.99. The minimum atomic E-state index is -2.87. The number of hydrogen-bond donors (Lipinski definition) is 1. The molecule has 0 bridgehead atoms. The van der Waals surface area contributed by atoms with Gasteiger partial charge in [0, 0.05) is 61.8 Å². The fourth-order valence-corrected chi connectivity index (χ4v) is 3.02. The van der Waals surface area contributed by atoms with Crippen molar-refractivity contribution in [2.24, 2.45) is 5.11 Å². The number of azide groups is 1. The molecular formula is C21H27F2N5O4. The number of carbonyl (C=O) groups is 1. The van der Waals surface area contributed by atoms with Gasteiger partial charge in [0.2, 0.25) is 0 Å². The SMILES string of the molecule is CC(CCOCCCN=[N+]=[N-])NC(=O)c1cc2ccc(N(C)CC(C)(F)F)cc2oc1=O. The van der Waals surface area contributed by atoms with E-state index in [0.717, 1.165) is 6.92 Å². The van der Waals surface area contributed by atoms with Crippen molar-refractivity contribution in [2.75, 3.05) is 38.3 Å². The summed E-state index contributed by atoms with van der Waals surface area (Å²) in [7, 11) is 1.52. The maximum atomic E-state index is 13.3. The van der Waals surface area contributed by atoms with Crippen LogP contribution in [0, 0.1) is 0 Å². The zero-order valence-corrected chi connectivity index (χ0v) is 18.3. The Labute approximate surface area is 184 Å². The summed E-state index contributed by atoms with van der Waals surface area (Å²) in [4.78, 5) is 28.9. The Morgan fingerprint density at radius 3 is 2.81 bits per heavy atom. The topological polar surface area (TPSA) is 121 Å². The largest absolute Gasteiger partial charge is 0.422 e. The molecule has 0 fully saturated rings. The van der Waals surface area contributed by atoms with Gasteiger partial charge in [-0.15, -0.1) is 0 Å². The van der Waals surface area contributed by atoms with Crippen LogP contribution in [0.1, 0.15) is 37.0 Å². The molecule has 0 aliphatic heterocycles. The Morgan fingerprint density at radius 1 is 1.38 bits per heavy atom. The highest BCUT2D eigenvalue weighted by Crippen LogP contribution is 2.24. The first-order valence-electron chi connectivity index (χ1n) is 10.2. The van der Waals surface area contributed by atoms with E-state index in [1.165, 1.54) is 24.1 Å². The molecule has 0 aliphatic rings. The molecule has 1 aromatic carbocycles. The van der Waals surface area contributed by atoms with Crippen molar-refractivity contribution in [3.05, 3.63) is 50.7 Å². The van der Waals surface area contributed by atoms with Gasteiger partial charge in [-0.25, -0.2) is 13.6 Å². The summed E-state index contributed by atoms with van der Waals surface area (Å²) in [5.41, 5.74) is 7.91. The summed E-state index contributed by atoms with van der Waals surface area (Å²) in [5, 5.41) is 6.64. The van der Waals surface area contributed by atoms with Gasteiger partial charge in [0.05, 0.1) is 6.54 Å². The number of benzene rings is 1. The maximum absolute atomic E-state index is 13.3. The number of alkyl halides is 2. The Bertz CT molecular complexity index is 1030. The van der Waals surface area contributed by atoms with E-state index >= 15 is 0 Å². The first kappa shape index (κ1) is 25.1. The smallest absolute Gasteiger partial charge is 0.349 e. The van der Waals surface area contributed by atoms with Crippen molar-refractivity contribution in [3.8, 4) is 0 Å². The number of ether oxygens (including phenoxy) is 1. The van der Waals surface area contributed by atoms with Crippen LogP contribution < -0.4 is 15.8 Å². The lowest BCUT2D eigenvalue weighted by Crippen LogP contribution is -2.36. The van der Waals surface area contributed by atoms with E-state index < -0.39 is 24.0 Å². The number of nitrogens with one attached hydrogen (secondary N) is 1. The second kappa shape index (κ2) is 11.4. The molecule has 1 aromatic heterocycles. The average Bonchev–Trinajstić information content (AvgIpc) is 2.70. The van der Waals surface area contributed by atoms with E-state index in [4.69, 9.17) is 14.7 Å². The van der Waals surface area contributed by atoms with Crippen LogP contribution in [0.4, 0.5) is 14.5 Å².